The fourth-order valence-electron chi connectivity index (χ4n) is 10.9. The molecule has 0 bridgehead atoms. The lowest BCUT2D eigenvalue weighted by Gasteiger charge is -2.35. The third-order valence-electron chi connectivity index (χ3n) is 14.2. The molecule has 0 radical (unpaired) electrons. The minimum absolute atomic E-state index is 0.0808. The molecule has 2 atom stereocenters. The molecule has 0 saturated heterocycles. The third kappa shape index (κ3) is 6.98. The largest absolute Gasteiger partial charge is 0.334 e. The number of benzene rings is 8. The smallest absolute Gasteiger partial charge is 0.0569 e. The zero-order chi connectivity index (χ0) is 44.2. The standard InChI is InChI=1S/C62H55N3/c1-6-45-15-7-14-22-57(45)62-43(4)61-56-21-13-10-18-48(56)28-40-59(61)65(62)53-37-35-52(36-38-53)64(50-29-23-41(2)24-30-50)51-33-31-49(32-34-51)63-44(5)54-19-11-8-16-46(54)26-25-42(3)60-55-20-12-9-17-47(55)27-39-58(60)63/h8-14,16-40,42,44H,6-7,15H2,1-5H3/b26-25-. The van der Waals surface area contributed by atoms with Crippen LogP contribution in [0.15, 0.2) is 194 Å². The van der Waals surface area contributed by atoms with Crippen LogP contribution in [0.1, 0.15) is 85.5 Å². The summed E-state index contributed by atoms with van der Waals surface area (Å²) in [5, 5.41) is 6.48. The summed E-state index contributed by atoms with van der Waals surface area (Å²) in [4.78, 5) is 4.96. The molecule has 3 heteroatoms. The highest BCUT2D eigenvalue weighted by molar-refractivity contribution is 6.11. The van der Waals surface area contributed by atoms with E-state index < -0.39 is 0 Å². The summed E-state index contributed by atoms with van der Waals surface area (Å²) < 4.78 is 2.52. The van der Waals surface area contributed by atoms with Crippen molar-refractivity contribution in [2.24, 2.45) is 0 Å². The molecule has 8 aromatic carbocycles. The molecule has 0 saturated carbocycles. The van der Waals surface area contributed by atoms with Crippen molar-refractivity contribution in [3.8, 4) is 5.69 Å². The van der Waals surface area contributed by atoms with Crippen LogP contribution in [0.4, 0.5) is 28.4 Å². The van der Waals surface area contributed by atoms with E-state index in [0.29, 0.717) is 0 Å². The van der Waals surface area contributed by atoms with Crippen LogP contribution in [0.3, 0.4) is 0 Å². The van der Waals surface area contributed by atoms with E-state index in [0.717, 1.165) is 47.7 Å². The zero-order valence-corrected chi connectivity index (χ0v) is 38.1. The number of hydrogen-bond acceptors (Lipinski definition) is 2. The van der Waals surface area contributed by atoms with Crippen molar-refractivity contribution in [3.05, 3.63) is 227 Å². The number of allylic oxidation sites excluding steroid dienone is 5. The minimum atomic E-state index is 0.0808. The van der Waals surface area contributed by atoms with Gasteiger partial charge in [-0.15, -0.1) is 0 Å². The van der Waals surface area contributed by atoms with Gasteiger partial charge in [0.1, 0.15) is 0 Å². The molecule has 65 heavy (non-hydrogen) atoms. The monoisotopic (exact) mass is 841 g/mol. The Morgan fingerprint density at radius 2 is 1.22 bits per heavy atom. The molecular formula is C62H55N3. The second kappa shape index (κ2) is 16.6. The topological polar surface area (TPSA) is 11.4 Å². The number of hydrogen-bond donors (Lipinski definition) is 0. The molecule has 0 spiro atoms. The summed E-state index contributed by atoms with van der Waals surface area (Å²) in [5.74, 6) is 0.213. The SMILES string of the molecule is CCC1=C(c2c(C)c3c4ccccc4ccc3n2-c2ccc(N(c3ccc(C)cc3)c3ccc(N4c5ccc6ccccc6c5C(C)/C=C\c5ccccc5C4C)cc3)cc2)C=CCC1. The molecule has 1 aliphatic carbocycles. The molecule has 0 fully saturated rings. The van der Waals surface area contributed by atoms with Crippen molar-refractivity contribution in [3.63, 3.8) is 0 Å². The average Bonchev–Trinajstić information content (AvgIpc) is 3.67. The van der Waals surface area contributed by atoms with Crippen molar-refractivity contribution < 1.29 is 0 Å². The molecule has 2 aliphatic rings. The van der Waals surface area contributed by atoms with Gasteiger partial charge in [0.25, 0.3) is 0 Å². The summed E-state index contributed by atoms with van der Waals surface area (Å²) in [5.41, 5.74) is 18.9. The Labute approximate surface area is 383 Å². The van der Waals surface area contributed by atoms with E-state index in [2.05, 4.69) is 243 Å². The Morgan fingerprint density at radius 3 is 1.94 bits per heavy atom. The Balaban J connectivity index is 1.04. The van der Waals surface area contributed by atoms with Crippen molar-refractivity contribution in [1.82, 2.24) is 4.57 Å². The second-order valence-electron chi connectivity index (χ2n) is 18.0. The van der Waals surface area contributed by atoms with E-state index in [1.165, 1.54) is 82.8 Å². The lowest BCUT2D eigenvalue weighted by Crippen LogP contribution is -2.23. The van der Waals surface area contributed by atoms with Crippen LogP contribution in [-0.4, -0.2) is 4.57 Å². The minimum Gasteiger partial charge on any atom is -0.334 e. The predicted molar refractivity (Wildman–Crippen MR) is 279 cm³/mol. The molecule has 0 N–H and O–H groups in total. The Hall–Kier alpha value is -7.36. The van der Waals surface area contributed by atoms with E-state index in [9.17, 15) is 0 Å². The third-order valence-corrected chi connectivity index (χ3v) is 14.2. The van der Waals surface area contributed by atoms with Crippen molar-refractivity contribution >= 4 is 72.5 Å². The van der Waals surface area contributed by atoms with Gasteiger partial charge >= 0.3 is 0 Å². The summed E-state index contributed by atoms with van der Waals surface area (Å²) in [6.45, 7) is 11.5. The summed E-state index contributed by atoms with van der Waals surface area (Å²) in [7, 11) is 0. The Morgan fingerprint density at radius 1 is 0.600 bits per heavy atom. The van der Waals surface area contributed by atoms with E-state index in [-0.39, 0.29) is 12.0 Å². The van der Waals surface area contributed by atoms with Gasteiger partial charge in [0.2, 0.25) is 0 Å². The first kappa shape index (κ1) is 40.4. The molecule has 2 heterocycles. The highest BCUT2D eigenvalue weighted by atomic mass is 15.2. The molecule has 2 unspecified atom stereocenters. The first-order valence-corrected chi connectivity index (χ1v) is 23.4. The van der Waals surface area contributed by atoms with Gasteiger partial charge in [-0.2, -0.15) is 0 Å². The van der Waals surface area contributed by atoms with Crippen molar-refractivity contribution in [2.45, 2.75) is 65.8 Å². The fraction of sp³-hybridized carbons (Fsp3) is 0.161. The first-order chi connectivity index (χ1) is 31.9. The van der Waals surface area contributed by atoms with Crippen LogP contribution >= 0.6 is 0 Å². The summed E-state index contributed by atoms with van der Waals surface area (Å²) in [6.07, 6.45) is 12.7. The molecule has 3 nitrogen and oxygen atoms in total. The van der Waals surface area contributed by atoms with Gasteiger partial charge in [0.05, 0.1) is 17.3 Å². The summed E-state index contributed by atoms with van der Waals surface area (Å²) in [6, 6.07) is 63.3. The van der Waals surface area contributed by atoms with Gasteiger partial charge in [-0.25, -0.2) is 0 Å². The number of fused-ring (bicyclic) bond motifs is 7. The van der Waals surface area contributed by atoms with Crippen LogP contribution in [0.2, 0.25) is 0 Å². The highest BCUT2D eigenvalue weighted by Crippen LogP contribution is 2.47. The molecule has 11 rings (SSSR count). The maximum absolute atomic E-state index is 2.56. The van der Waals surface area contributed by atoms with E-state index >= 15 is 0 Å². The molecule has 1 aliphatic heterocycles. The van der Waals surface area contributed by atoms with Gasteiger partial charge in [-0.3, -0.25) is 0 Å². The Bertz CT molecular complexity index is 3340. The van der Waals surface area contributed by atoms with Gasteiger partial charge < -0.3 is 14.4 Å². The van der Waals surface area contributed by atoms with E-state index in [4.69, 9.17) is 0 Å². The number of aryl methyl sites for hydroxylation is 2. The fourth-order valence-corrected chi connectivity index (χ4v) is 10.9. The van der Waals surface area contributed by atoms with Gasteiger partial charge in [-0.1, -0.05) is 146 Å². The van der Waals surface area contributed by atoms with Gasteiger partial charge in [0.15, 0.2) is 0 Å². The average molecular weight is 842 g/mol. The Kier molecular flexibility index (Phi) is 10.3. The lowest BCUT2D eigenvalue weighted by molar-refractivity contribution is 0.767. The van der Waals surface area contributed by atoms with Crippen LogP contribution < -0.4 is 9.80 Å². The molecule has 9 aromatic rings. The number of nitrogens with zero attached hydrogens (tertiary/aromatic N) is 3. The molecule has 318 valence electrons. The number of aromatic nitrogens is 1. The molecule has 0 amide bonds. The van der Waals surface area contributed by atoms with Crippen LogP contribution in [-0.2, 0) is 0 Å². The highest BCUT2D eigenvalue weighted by Gasteiger charge is 2.28. The van der Waals surface area contributed by atoms with Crippen LogP contribution in [0, 0.1) is 13.8 Å². The van der Waals surface area contributed by atoms with Crippen LogP contribution in [0.5, 0.6) is 0 Å². The first-order valence-electron chi connectivity index (χ1n) is 23.4. The normalized spacial score (nSPS) is 16.6. The number of rotatable bonds is 7. The van der Waals surface area contributed by atoms with Crippen molar-refractivity contribution in [2.75, 3.05) is 9.80 Å². The van der Waals surface area contributed by atoms with E-state index in [1.807, 2.05) is 0 Å². The predicted octanol–water partition coefficient (Wildman–Crippen LogP) is 17.6. The van der Waals surface area contributed by atoms with Crippen molar-refractivity contribution in [1.29, 1.82) is 0 Å². The maximum Gasteiger partial charge on any atom is 0.0569 e. The zero-order valence-electron chi connectivity index (χ0n) is 38.1. The lowest BCUT2D eigenvalue weighted by atomic mass is 9.91. The molecular weight excluding hydrogens is 787 g/mol. The quantitative estimate of drug-likeness (QED) is 0.158. The number of anilines is 5. The second-order valence-corrected chi connectivity index (χ2v) is 18.0. The van der Waals surface area contributed by atoms with E-state index in [1.54, 1.807) is 0 Å². The van der Waals surface area contributed by atoms with Gasteiger partial charge in [-0.05, 0) is 162 Å². The van der Waals surface area contributed by atoms with Gasteiger partial charge in [0, 0.05) is 45.4 Å². The van der Waals surface area contributed by atoms with Crippen LogP contribution in [0.25, 0.3) is 49.8 Å². The molecule has 1 aromatic heterocycles. The summed E-state index contributed by atoms with van der Waals surface area (Å²) >= 11 is 0. The maximum atomic E-state index is 2.56.